The van der Waals surface area contributed by atoms with Crippen LogP contribution in [0, 0.1) is 17.8 Å². The van der Waals surface area contributed by atoms with Crippen molar-refractivity contribution in [1.82, 2.24) is 4.72 Å². The van der Waals surface area contributed by atoms with Gasteiger partial charge in [-0.15, -0.1) is 0 Å². The van der Waals surface area contributed by atoms with Gasteiger partial charge in [-0.2, -0.15) is 0 Å². The van der Waals surface area contributed by atoms with E-state index in [-0.39, 0.29) is 0 Å². The molecule has 0 aromatic heterocycles. The monoisotopic (exact) mass is 347 g/mol. The van der Waals surface area contributed by atoms with Crippen molar-refractivity contribution in [3.63, 3.8) is 0 Å². The highest BCUT2D eigenvalue weighted by Crippen LogP contribution is 2.21. The Kier molecular flexibility index (Phi) is 6.02. The Bertz CT molecular complexity index is 504. The molecule has 5 heteroatoms. The first-order valence-electron chi connectivity index (χ1n) is 6.49. The second-order valence-electron chi connectivity index (χ2n) is 5.46. The molecule has 0 spiro atoms. The zero-order valence-corrected chi connectivity index (χ0v) is 14.3. The van der Waals surface area contributed by atoms with Crippen molar-refractivity contribution in [2.24, 2.45) is 17.8 Å². The summed E-state index contributed by atoms with van der Waals surface area (Å²) in [6.07, 6.45) is 0. The SMILES string of the molecule is CC(C)C(CNS(=O)(=O)c1cccc(Br)c1)C(C)C. The lowest BCUT2D eigenvalue weighted by Crippen LogP contribution is -2.33. The first-order valence-corrected chi connectivity index (χ1v) is 8.77. The van der Waals surface area contributed by atoms with Crippen molar-refractivity contribution >= 4 is 26.0 Å². The van der Waals surface area contributed by atoms with Gasteiger partial charge in [0, 0.05) is 11.0 Å². The van der Waals surface area contributed by atoms with Crippen LogP contribution in [0.25, 0.3) is 0 Å². The van der Waals surface area contributed by atoms with Gasteiger partial charge in [0.05, 0.1) is 4.90 Å². The summed E-state index contributed by atoms with van der Waals surface area (Å²) >= 11 is 3.29. The Morgan fingerprint density at radius 3 is 2.21 bits per heavy atom. The first kappa shape index (κ1) is 16.7. The topological polar surface area (TPSA) is 46.2 Å². The average Bonchev–Trinajstić information content (AvgIpc) is 2.28. The smallest absolute Gasteiger partial charge is 0.211 e. The van der Waals surface area contributed by atoms with Crippen molar-refractivity contribution in [2.75, 3.05) is 6.54 Å². The van der Waals surface area contributed by atoms with Gasteiger partial charge in [-0.05, 0) is 36.0 Å². The van der Waals surface area contributed by atoms with E-state index in [1.54, 1.807) is 18.2 Å². The van der Waals surface area contributed by atoms with E-state index in [0.29, 0.717) is 29.2 Å². The summed E-state index contributed by atoms with van der Waals surface area (Å²) in [7, 11) is -3.42. The van der Waals surface area contributed by atoms with Crippen molar-refractivity contribution in [2.45, 2.75) is 32.6 Å². The van der Waals surface area contributed by atoms with Crippen molar-refractivity contribution in [1.29, 1.82) is 0 Å². The molecule has 0 saturated heterocycles. The molecule has 0 aliphatic carbocycles. The van der Waals surface area contributed by atoms with Crippen molar-refractivity contribution in [3.05, 3.63) is 28.7 Å². The summed E-state index contributed by atoms with van der Waals surface area (Å²) in [6, 6.07) is 6.75. The predicted molar refractivity (Wildman–Crippen MR) is 82.5 cm³/mol. The first-order chi connectivity index (χ1) is 8.74. The Labute approximate surface area is 125 Å². The molecule has 1 N–H and O–H groups in total. The Morgan fingerprint density at radius 1 is 1.16 bits per heavy atom. The third-order valence-corrected chi connectivity index (χ3v) is 5.24. The molecule has 0 heterocycles. The van der Waals surface area contributed by atoms with E-state index in [0.717, 1.165) is 4.47 Å². The highest BCUT2D eigenvalue weighted by atomic mass is 79.9. The van der Waals surface area contributed by atoms with Gasteiger partial charge in [-0.25, -0.2) is 13.1 Å². The molecule has 0 unspecified atom stereocenters. The van der Waals surface area contributed by atoms with Crippen LogP contribution in [0.15, 0.2) is 33.6 Å². The fourth-order valence-electron chi connectivity index (χ4n) is 2.16. The molecule has 3 nitrogen and oxygen atoms in total. The summed E-state index contributed by atoms with van der Waals surface area (Å²) in [5.41, 5.74) is 0. The van der Waals surface area contributed by atoms with Crippen molar-refractivity contribution < 1.29 is 8.42 Å². The number of nitrogens with one attached hydrogen (secondary N) is 1. The lowest BCUT2D eigenvalue weighted by atomic mass is 9.86. The maximum Gasteiger partial charge on any atom is 0.240 e. The Morgan fingerprint density at radius 2 is 1.74 bits per heavy atom. The van der Waals surface area contributed by atoms with Gasteiger partial charge < -0.3 is 0 Å². The number of sulfonamides is 1. The molecular formula is C14H22BrNO2S. The van der Waals surface area contributed by atoms with Gasteiger partial charge in [-0.3, -0.25) is 0 Å². The minimum absolute atomic E-state index is 0.299. The summed E-state index contributed by atoms with van der Waals surface area (Å²) in [5.74, 6) is 1.23. The molecule has 19 heavy (non-hydrogen) atoms. The summed E-state index contributed by atoms with van der Waals surface area (Å²) in [6.45, 7) is 8.97. The van der Waals surface area contributed by atoms with E-state index in [1.807, 2.05) is 6.07 Å². The van der Waals surface area contributed by atoms with Gasteiger partial charge in [0.1, 0.15) is 0 Å². The van der Waals surface area contributed by atoms with Crippen LogP contribution in [-0.4, -0.2) is 15.0 Å². The van der Waals surface area contributed by atoms with Gasteiger partial charge in [0.15, 0.2) is 0 Å². The fraction of sp³-hybridized carbons (Fsp3) is 0.571. The highest BCUT2D eigenvalue weighted by Gasteiger charge is 2.21. The standard InChI is InChI=1S/C14H22BrNO2S/c1-10(2)14(11(3)4)9-16-19(17,18)13-7-5-6-12(15)8-13/h5-8,10-11,14,16H,9H2,1-4H3. The van der Waals surface area contributed by atoms with Gasteiger partial charge >= 0.3 is 0 Å². The molecule has 0 aliphatic heterocycles. The van der Waals surface area contributed by atoms with Crippen LogP contribution in [0.4, 0.5) is 0 Å². The molecule has 1 aromatic carbocycles. The van der Waals surface area contributed by atoms with Crippen LogP contribution in [-0.2, 0) is 10.0 Å². The van der Waals surface area contributed by atoms with Crippen molar-refractivity contribution in [3.8, 4) is 0 Å². The molecule has 0 fully saturated rings. The third kappa shape index (κ3) is 4.89. The van der Waals surface area contributed by atoms with E-state index in [9.17, 15) is 8.42 Å². The number of hydrogen-bond acceptors (Lipinski definition) is 2. The molecule has 0 atom stereocenters. The van der Waals surface area contributed by atoms with Gasteiger partial charge in [0.2, 0.25) is 10.0 Å². The van der Waals surface area contributed by atoms with Crippen LogP contribution in [0.1, 0.15) is 27.7 Å². The molecule has 1 aromatic rings. The Balaban J connectivity index is 2.81. The predicted octanol–water partition coefficient (Wildman–Crippen LogP) is 3.66. The average molecular weight is 348 g/mol. The van der Waals surface area contributed by atoms with E-state index in [1.165, 1.54) is 0 Å². The molecule has 1 rings (SSSR count). The fourth-order valence-corrected chi connectivity index (χ4v) is 3.83. The van der Waals surface area contributed by atoms with E-state index < -0.39 is 10.0 Å². The van der Waals surface area contributed by atoms with E-state index in [2.05, 4.69) is 48.3 Å². The lowest BCUT2D eigenvalue weighted by molar-refractivity contribution is 0.289. The molecular weight excluding hydrogens is 326 g/mol. The second kappa shape index (κ2) is 6.86. The maximum atomic E-state index is 12.2. The van der Waals surface area contributed by atoms with Crippen LogP contribution in [0.3, 0.4) is 0 Å². The lowest BCUT2D eigenvalue weighted by Gasteiger charge is -2.25. The maximum absolute atomic E-state index is 12.2. The number of halogens is 1. The Hall–Kier alpha value is -0.390. The molecule has 0 amide bonds. The quantitative estimate of drug-likeness (QED) is 0.853. The second-order valence-corrected chi connectivity index (χ2v) is 8.14. The van der Waals surface area contributed by atoms with Crippen LogP contribution < -0.4 is 4.72 Å². The molecule has 0 radical (unpaired) electrons. The van der Waals surface area contributed by atoms with Crippen LogP contribution >= 0.6 is 15.9 Å². The number of hydrogen-bond donors (Lipinski definition) is 1. The largest absolute Gasteiger partial charge is 0.240 e. The van der Waals surface area contributed by atoms with E-state index in [4.69, 9.17) is 0 Å². The third-order valence-electron chi connectivity index (χ3n) is 3.33. The van der Waals surface area contributed by atoms with Gasteiger partial charge in [-0.1, -0.05) is 49.7 Å². The summed E-state index contributed by atoms with van der Waals surface area (Å²) in [5, 5.41) is 0. The zero-order chi connectivity index (χ0) is 14.6. The van der Waals surface area contributed by atoms with E-state index >= 15 is 0 Å². The molecule has 0 bridgehead atoms. The molecule has 0 aliphatic rings. The van der Waals surface area contributed by atoms with Crippen LogP contribution in [0.2, 0.25) is 0 Å². The highest BCUT2D eigenvalue weighted by molar-refractivity contribution is 9.10. The molecule has 0 saturated carbocycles. The van der Waals surface area contributed by atoms with Gasteiger partial charge in [0.25, 0.3) is 0 Å². The number of benzene rings is 1. The molecule has 108 valence electrons. The van der Waals surface area contributed by atoms with Crippen LogP contribution in [0.5, 0.6) is 0 Å². The normalized spacial score (nSPS) is 12.6. The minimum Gasteiger partial charge on any atom is -0.211 e. The number of rotatable bonds is 6. The summed E-state index contributed by atoms with van der Waals surface area (Å²) < 4.78 is 27.9. The zero-order valence-electron chi connectivity index (χ0n) is 11.9. The summed E-state index contributed by atoms with van der Waals surface area (Å²) in [4.78, 5) is 0.299. The minimum atomic E-state index is -3.42.